The van der Waals surface area contributed by atoms with Crippen LogP contribution in [0.15, 0.2) is 42.5 Å². The average Bonchev–Trinajstić information content (AvgIpc) is 3.27. The molecule has 6 nitrogen and oxygen atoms in total. The van der Waals surface area contributed by atoms with Gasteiger partial charge in [0.15, 0.2) is 17.5 Å². The topological polar surface area (TPSA) is 56.4 Å². The molecule has 2 aromatic rings. The van der Waals surface area contributed by atoms with Crippen LogP contribution in [0.5, 0.6) is 11.5 Å². The molecule has 5 rings (SSSR count). The number of nitrogens with one attached hydrogen (secondary N) is 3. The molecule has 0 aromatic heterocycles. The van der Waals surface area contributed by atoms with E-state index in [0.29, 0.717) is 6.79 Å². The fourth-order valence-electron chi connectivity index (χ4n) is 5.26. The highest BCUT2D eigenvalue weighted by atomic mass is 16.7. The van der Waals surface area contributed by atoms with E-state index in [9.17, 15) is 4.79 Å². The van der Waals surface area contributed by atoms with Gasteiger partial charge in [0.25, 0.3) is 5.91 Å². The Morgan fingerprint density at radius 2 is 1.90 bits per heavy atom. The Kier molecular flexibility index (Phi) is 5.83. The fourth-order valence-corrected chi connectivity index (χ4v) is 5.26. The summed E-state index contributed by atoms with van der Waals surface area (Å²) in [5.74, 6) is 1.89. The summed E-state index contributed by atoms with van der Waals surface area (Å²) < 4.78 is 10.9. The normalized spacial score (nSPS) is 25.5. The number of ether oxygens (including phenoxy) is 2. The molecule has 2 atom stereocenters. The summed E-state index contributed by atoms with van der Waals surface area (Å²) in [6, 6.07) is 15.0. The van der Waals surface area contributed by atoms with E-state index in [2.05, 4.69) is 48.6 Å². The lowest BCUT2D eigenvalue weighted by Crippen LogP contribution is -3.29. The van der Waals surface area contributed by atoms with Crippen molar-refractivity contribution in [1.82, 2.24) is 5.32 Å². The van der Waals surface area contributed by atoms with E-state index < -0.39 is 0 Å². The predicted molar refractivity (Wildman–Crippen MR) is 117 cm³/mol. The minimum absolute atomic E-state index is 0.0128. The van der Waals surface area contributed by atoms with E-state index in [1.165, 1.54) is 21.6 Å². The maximum absolute atomic E-state index is 13.0. The van der Waals surface area contributed by atoms with Gasteiger partial charge in [-0.1, -0.05) is 24.3 Å². The molecule has 1 aliphatic carbocycles. The van der Waals surface area contributed by atoms with Crippen LogP contribution < -0.4 is 24.6 Å². The van der Waals surface area contributed by atoms with Gasteiger partial charge in [-0.05, 0) is 55.5 Å². The lowest BCUT2D eigenvalue weighted by atomic mass is 9.87. The van der Waals surface area contributed by atoms with Crippen molar-refractivity contribution in [3.63, 3.8) is 0 Å². The van der Waals surface area contributed by atoms with E-state index in [1.54, 1.807) is 4.90 Å². The number of fused-ring (bicyclic) bond motifs is 2. The molecule has 31 heavy (non-hydrogen) atoms. The molecular weight excluding hydrogens is 390 g/mol. The van der Waals surface area contributed by atoms with E-state index in [4.69, 9.17) is 9.47 Å². The first-order valence-electron chi connectivity index (χ1n) is 11.6. The second-order valence-corrected chi connectivity index (χ2v) is 9.15. The van der Waals surface area contributed by atoms with Gasteiger partial charge in [-0.15, -0.1) is 0 Å². The quantitative estimate of drug-likeness (QED) is 0.648. The number of carbonyl (C=O) groups excluding carboxylic acids is 1. The van der Waals surface area contributed by atoms with Gasteiger partial charge in [0.05, 0.1) is 6.04 Å². The molecule has 3 N–H and O–H groups in total. The Balaban J connectivity index is 1.13. The van der Waals surface area contributed by atoms with Crippen molar-refractivity contribution < 1.29 is 24.1 Å². The van der Waals surface area contributed by atoms with Gasteiger partial charge in [-0.3, -0.25) is 4.79 Å². The number of hydrogen-bond acceptors (Lipinski definition) is 3. The molecule has 1 amide bonds. The van der Waals surface area contributed by atoms with Gasteiger partial charge in [0.2, 0.25) is 6.79 Å². The highest BCUT2D eigenvalue weighted by Crippen LogP contribution is 2.32. The summed E-state index contributed by atoms with van der Waals surface area (Å²) >= 11 is 0. The molecule has 0 saturated carbocycles. The largest absolute Gasteiger partial charge is 0.454 e. The molecule has 0 spiro atoms. The molecule has 2 heterocycles. The Hall–Kier alpha value is -2.57. The summed E-state index contributed by atoms with van der Waals surface area (Å²) in [4.78, 5) is 16.0. The standard InChI is InChI=1S/C25H31N3O3/c1-18(25(29)26-22-8-4-6-20-5-2-3-7-21(20)22)28-13-11-27(12-14-28)16-19-9-10-23-24(15-19)31-17-30-23/h2-3,5,7,9-10,15,18,22H,4,6,8,11-14,16-17H2,1H3,(H,26,29)/p+2/t18-,22-/m0/s1. The number of benzene rings is 2. The molecule has 1 fully saturated rings. The highest BCUT2D eigenvalue weighted by molar-refractivity contribution is 5.80. The molecule has 164 valence electrons. The van der Waals surface area contributed by atoms with E-state index in [0.717, 1.165) is 63.5 Å². The van der Waals surface area contributed by atoms with Crippen LogP contribution in [0.25, 0.3) is 0 Å². The molecule has 0 unspecified atom stereocenters. The zero-order valence-corrected chi connectivity index (χ0v) is 18.3. The molecule has 2 aromatic carbocycles. The Labute approximate surface area is 184 Å². The van der Waals surface area contributed by atoms with Crippen molar-refractivity contribution in [2.75, 3.05) is 33.0 Å². The number of quaternary nitrogens is 2. The molecule has 0 bridgehead atoms. The lowest BCUT2D eigenvalue weighted by Gasteiger charge is -2.34. The van der Waals surface area contributed by atoms with E-state index >= 15 is 0 Å². The summed E-state index contributed by atoms with van der Waals surface area (Å²) in [5.41, 5.74) is 3.98. The van der Waals surface area contributed by atoms with Crippen molar-refractivity contribution in [2.45, 2.75) is 44.8 Å². The van der Waals surface area contributed by atoms with Crippen molar-refractivity contribution >= 4 is 5.91 Å². The van der Waals surface area contributed by atoms with Crippen LogP contribution in [-0.2, 0) is 17.8 Å². The van der Waals surface area contributed by atoms with Gasteiger partial charge in [0.1, 0.15) is 32.7 Å². The van der Waals surface area contributed by atoms with Crippen molar-refractivity contribution in [1.29, 1.82) is 0 Å². The van der Waals surface area contributed by atoms with Crippen LogP contribution >= 0.6 is 0 Å². The number of rotatable bonds is 5. The molecule has 3 aliphatic rings. The number of hydrogen-bond donors (Lipinski definition) is 3. The molecule has 1 saturated heterocycles. The van der Waals surface area contributed by atoms with Gasteiger partial charge in [-0.25, -0.2) is 0 Å². The van der Waals surface area contributed by atoms with Crippen LogP contribution in [0.4, 0.5) is 0 Å². The first kappa shape index (κ1) is 20.3. The zero-order chi connectivity index (χ0) is 21.2. The molecular formula is C25H33N3O3+2. The van der Waals surface area contributed by atoms with E-state index in [-0.39, 0.29) is 18.0 Å². The van der Waals surface area contributed by atoms with Crippen molar-refractivity contribution in [3.8, 4) is 11.5 Å². The number of aryl methyl sites for hydroxylation is 1. The molecule has 2 aliphatic heterocycles. The van der Waals surface area contributed by atoms with Crippen LogP contribution in [0.1, 0.15) is 42.5 Å². The van der Waals surface area contributed by atoms with Crippen LogP contribution in [0.2, 0.25) is 0 Å². The lowest BCUT2D eigenvalue weighted by molar-refractivity contribution is -1.02. The maximum Gasteiger partial charge on any atom is 0.278 e. The Bertz CT molecular complexity index is 939. The third-order valence-corrected chi connectivity index (χ3v) is 7.18. The number of piperazine rings is 1. The minimum atomic E-state index is -0.0128. The van der Waals surface area contributed by atoms with Crippen molar-refractivity contribution in [3.05, 3.63) is 59.2 Å². The summed E-state index contributed by atoms with van der Waals surface area (Å²) in [7, 11) is 0. The summed E-state index contributed by atoms with van der Waals surface area (Å²) in [6.45, 7) is 7.60. The van der Waals surface area contributed by atoms with Crippen LogP contribution in [-0.4, -0.2) is 44.9 Å². The smallest absolute Gasteiger partial charge is 0.278 e. The number of amides is 1. The second-order valence-electron chi connectivity index (χ2n) is 9.15. The van der Waals surface area contributed by atoms with Gasteiger partial charge < -0.3 is 24.6 Å². The predicted octanol–water partition coefficient (Wildman–Crippen LogP) is 0.281. The third kappa shape index (κ3) is 4.41. The monoisotopic (exact) mass is 423 g/mol. The third-order valence-electron chi connectivity index (χ3n) is 7.18. The van der Waals surface area contributed by atoms with Crippen LogP contribution in [0.3, 0.4) is 0 Å². The zero-order valence-electron chi connectivity index (χ0n) is 18.3. The number of carbonyl (C=O) groups is 1. The maximum atomic E-state index is 13.0. The van der Waals surface area contributed by atoms with Gasteiger partial charge in [0, 0.05) is 5.56 Å². The molecule has 6 heteroatoms. The van der Waals surface area contributed by atoms with E-state index in [1.807, 2.05) is 6.07 Å². The summed E-state index contributed by atoms with van der Waals surface area (Å²) in [5, 5.41) is 3.35. The minimum Gasteiger partial charge on any atom is -0.454 e. The Morgan fingerprint density at radius 1 is 1.10 bits per heavy atom. The van der Waals surface area contributed by atoms with Gasteiger partial charge >= 0.3 is 0 Å². The first-order valence-corrected chi connectivity index (χ1v) is 11.6. The SMILES string of the molecule is C[C@@H](C(=O)N[C@H]1CCCc2ccccc21)[NH+]1CC[NH+](Cc2ccc3c(c2)OCO3)CC1. The summed E-state index contributed by atoms with van der Waals surface area (Å²) in [6.07, 6.45) is 3.31. The van der Waals surface area contributed by atoms with Crippen LogP contribution in [0, 0.1) is 0 Å². The van der Waals surface area contributed by atoms with Gasteiger partial charge in [-0.2, -0.15) is 0 Å². The highest BCUT2D eigenvalue weighted by Gasteiger charge is 2.33. The average molecular weight is 424 g/mol. The molecule has 0 radical (unpaired) electrons. The second kappa shape index (κ2) is 8.89. The fraction of sp³-hybridized carbons (Fsp3) is 0.480. The Morgan fingerprint density at radius 3 is 2.77 bits per heavy atom. The van der Waals surface area contributed by atoms with Crippen molar-refractivity contribution in [2.24, 2.45) is 0 Å². The first-order chi connectivity index (χ1) is 15.2.